The highest BCUT2D eigenvalue weighted by Gasteiger charge is 2.22. The number of amides is 1. The Morgan fingerprint density at radius 1 is 1.23 bits per heavy atom. The van der Waals surface area contributed by atoms with Crippen molar-refractivity contribution in [2.24, 2.45) is 0 Å². The molecule has 4 rings (SSSR count). The summed E-state index contributed by atoms with van der Waals surface area (Å²) in [6, 6.07) is 14.5. The quantitative estimate of drug-likeness (QED) is 0.469. The van der Waals surface area contributed by atoms with Gasteiger partial charge in [0.2, 0.25) is 5.91 Å². The van der Waals surface area contributed by atoms with Crippen molar-refractivity contribution in [2.75, 3.05) is 13.2 Å². The molecule has 4 heteroatoms. The molecule has 4 nitrogen and oxygen atoms in total. The van der Waals surface area contributed by atoms with Crippen LogP contribution in [0.15, 0.2) is 59.2 Å². The number of nitrogens with zero attached hydrogens (tertiary/aromatic N) is 1. The van der Waals surface area contributed by atoms with Gasteiger partial charge in [0.15, 0.2) is 0 Å². The van der Waals surface area contributed by atoms with E-state index in [9.17, 15) is 4.79 Å². The van der Waals surface area contributed by atoms with Crippen molar-refractivity contribution in [2.45, 2.75) is 46.1 Å². The lowest BCUT2D eigenvalue weighted by Gasteiger charge is -2.32. The third-order valence-corrected chi connectivity index (χ3v) is 5.91. The lowest BCUT2D eigenvalue weighted by molar-refractivity contribution is -0.129. The van der Waals surface area contributed by atoms with Crippen molar-refractivity contribution in [3.63, 3.8) is 0 Å². The number of piperidine rings is 1. The molecule has 156 valence electrons. The number of allylic oxidation sites excluding steroid dienone is 1. The van der Waals surface area contributed by atoms with E-state index in [2.05, 4.69) is 25.1 Å². The number of ether oxygens (including phenoxy) is 1. The van der Waals surface area contributed by atoms with Crippen LogP contribution in [0.25, 0.3) is 27.7 Å². The van der Waals surface area contributed by atoms with E-state index in [1.54, 1.807) is 12.3 Å². The number of rotatable bonds is 5. The summed E-state index contributed by atoms with van der Waals surface area (Å²) in [7, 11) is 0. The third kappa shape index (κ3) is 4.00. The van der Waals surface area contributed by atoms with Gasteiger partial charge in [-0.15, -0.1) is 0 Å². The zero-order valence-corrected chi connectivity index (χ0v) is 18.0. The van der Waals surface area contributed by atoms with Crippen LogP contribution in [-0.2, 0) is 4.79 Å². The molecule has 2 heterocycles. The van der Waals surface area contributed by atoms with Gasteiger partial charge in [0.1, 0.15) is 11.3 Å². The standard InChI is InChI=1S/C26H29NO3/c1-4-29-24-16-25-22(23(17-30-25)20-11-6-5-7-12-20)15-21(24)18(2)14-26(28)27-13-9-8-10-19(27)3/h5-7,11-12,14-17,19H,4,8-10,13H2,1-3H3/b18-14+. The SMILES string of the molecule is CCOc1cc2occ(-c3ccccc3)c2cc1/C(C)=C/C(=O)N1CCCCC1C. The van der Waals surface area contributed by atoms with Crippen molar-refractivity contribution in [3.05, 3.63) is 60.4 Å². The fourth-order valence-corrected chi connectivity index (χ4v) is 4.25. The maximum absolute atomic E-state index is 13.0. The molecule has 0 N–H and O–H groups in total. The van der Waals surface area contributed by atoms with Gasteiger partial charge in [-0.3, -0.25) is 4.79 Å². The summed E-state index contributed by atoms with van der Waals surface area (Å²) in [5.41, 5.74) is 4.76. The number of hydrogen-bond acceptors (Lipinski definition) is 3. The van der Waals surface area contributed by atoms with E-state index in [0.717, 1.165) is 58.4 Å². The first kappa shape index (κ1) is 20.3. The van der Waals surface area contributed by atoms with Crippen molar-refractivity contribution < 1.29 is 13.9 Å². The van der Waals surface area contributed by atoms with Crippen LogP contribution >= 0.6 is 0 Å². The van der Waals surface area contributed by atoms with Gasteiger partial charge >= 0.3 is 0 Å². The predicted molar refractivity (Wildman–Crippen MR) is 121 cm³/mol. The number of furan rings is 1. The lowest BCUT2D eigenvalue weighted by atomic mass is 9.98. The van der Waals surface area contributed by atoms with E-state index < -0.39 is 0 Å². The van der Waals surface area contributed by atoms with Crippen LogP contribution < -0.4 is 4.74 Å². The smallest absolute Gasteiger partial charge is 0.247 e. The molecule has 1 aromatic heterocycles. The van der Waals surface area contributed by atoms with Gasteiger partial charge in [0, 0.05) is 41.2 Å². The second kappa shape index (κ2) is 8.78. The van der Waals surface area contributed by atoms with Gasteiger partial charge in [0.25, 0.3) is 0 Å². The minimum absolute atomic E-state index is 0.0812. The van der Waals surface area contributed by atoms with E-state index >= 15 is 0 Å². The summed E-state index contributed by atoms with van der Waals surface area (Å²) >= 11 is 0. The molecule has 0 spiro atoms. The first-order valence-corrected chi connectivity index (χ1v) is 10.8. The van der Waals surface area contributed by atoms with Gasteiger partial charge < -0.3 is 14.1 Å². The van der Waals surface area contributed by atoms with Crippen molar-refractivity contribution in [1.82, 2.24) is 4.90 Å². The Morgan fingerprint density at radius 2 is 2.03 bits per heavy atom. The Kier molecular flexibility index (Phi) is 5.93. The molecule has 0 aliphatic carbocycles. The summed E-state index contributed by atoms with van der Waals surface area (Å²) in [5, 5.41) is 1.02. The second-order valence-corrected chi connectivity index (χ2v) is 8.00. The van der Waals surface area contributed by atoms with E-state index in [0.29, 0.717) is 12.6 Å². The monoisotopic (exact) mass is 403 g/mol. The Morgan fingerprint density at radius 3 is 2.77 bits per heavy atom. The lowest BCUT2D eigenvalue weighted by Crippen LogP contribution is -2.41. The predicted octanol–water partition coefficient (Wildman–Crippen LogP) is 6.30. The number of benzene rings is 2. The Hall–Kier alpha value is -3.01. The molecule has 1 aliphatic heterocycles. The van der Waals surface area contributed by atoms with E-state index in [1.165, 1.54) is 6.42 Å². The molecule has 2 aromatic carbocycles. The molecular formula is C26H29NO3. The summed E-state index contributed by atoms with van der Waals surface area (Å²) in [5.74, 6) is 0.824. The molecule has 1 amide bonds. The number of fused-ring (bicyclic) bond motifs is 1. The molecule has 30 heavy (non-hydrogen) atoms. The van der Waals surface area contributed by atoms with Crippen LogP contribution in [0, 0.1) is 0 Å². The average molecular weight is 404 g/mol. The zero-order chi connectivity index (χ0) is 21.1. The van der Waals surface area contributed by atoms with Crippen molar-refractivity contribution in [1.29, 1.82) is 0 Å². The highest BCUT2D eigenvalue weighted by molar-refractivity contribution is 6.00. The second-order valence-electron chi connectivity index (χ2n) is 8.00. The third-order valence-electron chi connectivity index (χ3n) is 5.91. The summed E-state index contributed by atoms with van der Waals surface area (Å²) in [6.45, 7) is 7.47. The Bertz CT molecular complexity index is 1060. The van der Waals surface area contributed by atoms with Crippen LogP contribution in [0.2, 0.25) is 0 Å². The Labute approximate surface area is 178 Å². The highest BCUT2D eigenvalue weighted by Crippen LogP contribution is 2.37. The average Bonchev–Trinajstić information content (AvgIpc) is 3.17. The number of likely N-dealkylation sites (tertiary alicyclic amines) is 1. The van der Waals surface area contributed by atoms with E-state index in [1.807, 2.05) is 43.0 Å². The summed E-state index contributed by atoms with van der Waals surface area (Å²) < 4.78 is 11.7. The molecule has 1 unspecified atom stereocenters. The Balaban J connectivity index is 1.75. The molecule has 0 radical (unpaired) electrons. The zero-order valence-electron chi connectivity index (χ0n) is 18.0. The first-order valence-electron chi connectivity index (χ1n) is 10.8. The van der Waals surface area contributed by atoms with Crippen LogP contribution in [0.5, 0.6) is 5.75 Å². The molecule has 1 atom stereocenters. The number of hydrogen-bond donors (Lipinski definition) is 0. The molecule has 1 aliphatic rings. The normalized spacial score (nSPS) is 17.4. The molecular weight excluding hydrogens is 374 g/mol. The van der Waals surface area contributed by atoms with Gasteiger partial charge in [-0.05, 0) is 57.2 Å². The van der Waals surface area contributed by atoms with Crippen LogP contribution in [0.1, 0.15) is 45.6 Å². The van der Waals surface area contributed by atoms with Crippen LogP contribution in [0.3, 0.4) is 0 Å². The molecule has 3 aromatic rings. The minimum Gasteiger partial charge on any atom is -0.493 e. The van der Waals surface area contributed by atoms with Gasteiger partial charge in [0.05, 0.1) is 12.9 Å². The molecule has 1 fully saturated rings. The first-order chi connectivity index (χ1) is 14.6. The number of carbonyl (C=O) groups excluding carboxylic acids is 1. The van der Waals surface area contributed by atoms with Gasteiger partial charge in [-0.1, -0.05) is 30.3 Å². The summed E-state index contributed by atoms with van der Waals surface area (Å²) in [6.07, 6.45) is 6.90. The maximum Gasteiger partial charge on any atom is 0.247 e. The van der Waals surface area contributed by atoms with Crippen molar-refractivity contribution in [3.8, 4) is 16.9 Å². The highest BCUT2D eigenvalue weighted by atomic mass is 16.5. The number of carbonyl (C=O) groups is 1. The topological polar surface area (TPSA) is 42.7 Å². The van der Waals surface area contributed by atoms with Gasteiger partial charge in [-0.2, -0.15) is 0 Å². The summed E-state index contributed by atoms with van der Waals surface area (Å²) in [4.78, 5) is 14.9. The fourth-order valence-electron chi connectivity index (χ4n) is 4.25. The minimum atomic E-state index is 0.0812. The van der Waals surface area contributed by atoms with Crippen LogP contribution in [-0.4, -0.2) is 30.0 Å². The molecule has 0 saturated carbocycles. The van der Waals surface area contributed by atoms with E-state index in [4.69, 9.17) is 9.15 Å². The van der Waals surface area contributed by atoms with Crippen LogP contribution in [0.4, 0.5) is 0 Å². The maximum atomic E-state index is 13.0. The van der Waals surface area contributed by atoms with Gasteiger partial charge in [-0.25, -0.2) is 0 Å². The largest absolute Gasteiger partial charge is 0.493 e. The fraction of sp³-hybridized carbons (Fsp3) is 0.346. The molecule has 1 saturated heterocycles. The molecule has 0 bridgehead atoms. The van der Waals surface area contributed by atoms with Crippen molar-refractivity contribution >= 4 is 22.4 Å². The van der Waals surface area contributed by atoms with E-state index in [-0.39, 0.29) is 5.91 Å².